The number of nitrogens with two attached hydrogens (primary N) is 1. The van der Waals surface area contributed by atoms with Crippen LogP contribution < -0.4 is 5.14 Å². The van der Waals surface area contributed by atoms with Crippen LogP contribution in [0.3, 0.4) is 0 Å². The maximum atomic E-state index is 13.1. The number of halogens is 1. The molecule has 0 unspecified atom stereocenters. The Kier molecular flexibility index (Phi) is 3.75. The summed E-state index contributed by atoms with van der Waals surface area (Å²) < 4.78 is 35.7. The minimum absolute atomic E-state index is 0.0387. The second-order valence-corrected chi connectivity index (χ2v) is 6.68. The number of hydrogen-bond acceptors (Lipinski definition) is 3. The van der Waals surface area contributed by atoms with Crippen molar-refractivity contribution in [2.45, 2.75) is 11.8 Å². The molecule has 0 fully saturated rings. The number of aromatic nitrogens is 2. The van der Waals surface area contributed by atoms with E-state index in [-0.39, 0.29) is 10.7 Å². The smallest absolute Gasteiger partial charge is 0.238 e. The first-order chi connectivity index (χ1) is 10.8. The van der Waals surface area contributed by atoms with Gasteiger partial charge in [-0.3, -0.25) is 0 Å². The van der Waals surface area contributed by atoms with Crippen LogP contribution in [0.5, 0.6) is 0 Å². The summed E-state index contributed by atoms with van der Waals surface area (Å²) in [5, 5.41) is 5.10. The van der Waals surface area contributed by atoms with Gasteiger partial charge in [-0.25, -0.2) is 22.9 Å². The van der Waals surface area contributed by atoms with Crippen molar-refractivity contribution in [1.82, 2.24) is 9.97 Å². The predicted molar refractivity (Wildman–Crippen MR) is 85.5 cm³/mol. The molecule has 5 nitrogen and oxygen atoms in total. The van der Waals surface area contributed by atoms with E-state index in [1.165, 1.54) is 24.3 Å². The third-order valence-corrected chi connectivity index (χ3v) is 4.34. The third kappa shape index (κ3) is 3.15. The number of aromatic amines is 1. The number of nitrogens with one attached hydrogen (secondary N) is 1. The molecule has 0 spiro atoms. The lowest BCUT2D eigenvalue weighted by atomic mass is 10.1. The zero-order chi connectivity index (χ0) is 16.6. The van der Waals surface area contributed by atoms with Crippen LogP contribution in [0.4, 0.5) is 4.39 Å². The largest absolute Gasteiger partial charge is 0.342 e. The standard InChI is InChI=1S/C16H14FN3O2S/c1-10-19-15(11-2-6-13(17)7-3-11)16(20-10)12-4-8-14(9-5-12)23(18,21)22/h2-9H,1H3,(H,19,20)(H2,18,21,22). The summed E-state index contributed by atoms with van der Waals surface area (Å²) in [6.07, 6.45) is 0. The Balaban J connectivity index is 2.09. The zero-order valence-corrected chi connectivity index (χ0v) is 13.1. The number of aryl methyl sites for hydroxylation is 1. The van der Waals surface area contributed by atoms with Gasteiger partial charge in [-0.05, 0) is 43.3 Å². The first kappa shape index (κ1) is 15.4. The molecule has 0 aliphatic heterocycles. The van der Waals surface area contributed by atoms with Crippen molar-refractivity contribution in [3.05, 3.63) is 60.2 Å². The summed E-state index contributed by atoms with van der Waals surface area (Å²) in [5.74, 6) is 0.388. The summed E-state index contributed by atoms with van der Waals surface area (Å²) >= 11 is 0. The molecule has 0 amide bonds. The van der Waals surface area contributed by atoms with Gasteiger partial charge in [0.25, 0.3) is 0 Å². The molecule has 3 rings (SSSR count). The molecule has 0 aliphatic rings. The number of imidazole rings is 1. The molecule has 0 saturated carbocycles. The summed E-state index contributed by atoms with van der Waals surface area (Å²) in [5.41, 5.74) is 2.93. The van der Waals surface area contributed by atoms with Crippen molar-refractivity contribution in [3.8, 4) is 22.5 Å². The summed E-state index contributed by atoms with van der Waals surface area (Å²) in [6.45, 7) is 1.81. The lowest BCUT2D eigenvalue weighted by Crippen LogP contribution is -2.11. The third-order valence-electron chi connectivity index (χ3n) is 3.41. The van der Waals surface area contributed by atoms with Crippen molar-refractivity contribution >= 4 is 10.0 Å². The van der Waals surface area contributed by atoms with Crippen LogP contribution in [0.1, 0.15) is 5.82 Å². The van der Waals surface area contributed by atoms with Crippen LogP contribution in [-0.4, -0.2) is 18.4 Å². The molecular formula is C16H14FN3O2S. The van der Waals surface area contributed by atoms with E-state index in [2.05, 4.69) is 9.97 Å². The first-order valence-electron chi connectivity index (χ1n) is 6.80. The number of H-pyrrole nitrogens is 1. The van der Waals surface area contributed by atoms with E-state index >= 15 is 0 Å². The Morgan fingerprint density at radius 3 is 2.13 bits per heavy atom. The molecule has 3 aromatic rings. The van der Waals surface area contributed by atoms with E-state index in [1.807, 2.05) is 6.92 Å². The Bertz CT molecular complexity index is 946. The molecule has 0 bridgehead atoms. The Labute approximate surface area is 133 Å². The molecule has 7 heteroatoms. The summed E-state index contributed by atoms with van der Waals surface area (Å²) in [4.78, 5) is 7.63. The van der Waals surface area contributed by atoms with E-state index < -0.39 is 10.0 Å². The van der Waals surface area contributed by atoms with Gasteiger partial charge in [0.15, 0.2) is 0 Å². The van der Waals surface area contributed by atoms with Crippen molar-refractivity contribution in [2.75, 3.05) is 0 Å². The van der Waals surface area contributed by atoms with E-state index in [0.29, 0.717) is 11.5 Å². The van der Waals surface area contributed by atoms with Gasteiger partial charge in [0, 0.05) is 11.1 Å². The molecule has 0 radical (unpaired) electrons. The number of rotatable bonds is 3. The summed E-state index contributed by atoms with van der Waals surface area (Å²) in [6, 6.07) is 12.2. The molecule has 118 valence electrons. The Morgan fingerprint density at radius 2 is 1.57 bits per heavy atom. The van der Waals surface area contributed by atoms with Crippen LogP contribution in [0, 0.1) is 12.7 Å². The van der Waals surface area contributed by atoms with E-state index in [1.54, 1.807) is 24.3 Å². The van der Waals surface area contributed by atoms with Crippen LogP contribution >= 0.6 is 0 Å². The number of hydrogen-bond donors (Lipinski definition) is 2. The molecule has 0 saturated heterocycles. The van der Waals surface area contributed by atoms with Crippen LogP contribution in [-0.2, 0) is 10.0 Å². The lowest BCUT2D eigenvalue weighted by Gasteiger charge is -2.04. The number of nitrogens with zero attached hydrogens (tertiary/aromatic N) is 1. The highest BCUT2D eigenvalue weighted by atomic mass is 32.2. The highest BCUT2D eigenvalue weighted by Gasteiger charge is 2.14. The second kappa shape index (κ2) is 5.60. The molecule has 3 N–H and O–H groups in total. The van der Waals surface area contributed by atoms with Crippen LogP contribution in [0.2, 0.25) is 0 Å². The minimum Gasteiger partial charge on any atom is -0.342 e. The number of sulfonamides is 1. The molecule has 1 aromatic heterocycles. The number of primary sulfonamides is 1. The van der Waals surface area contributed by atoms with Gasteiger partial charge in [0.1, 0.15) is 11.6 Å². The molecular weight excluding hydrogens is 317 g/mol. The number of benzene rings is 2. The average Bonchev–Trinajstić information content (AvgIpc) is 2.89. The average molecular weight is 331 g/mol. The highest BCUT2D eigenvalue weighted by Crippen LogP contribution is 2.30. The first-order valence-corrected chi connectivity index (χ1v) is 8.35. The van der Waals surface area contributed by atoms with E-state index in [9.17, 15) is 12.8 Å². The zero-order valence-electron chi connectivity index (χ0n) is 12.2. The molecule has 0 aliphatic carbocycles. The fourth-order valence-electron chi connectivity index (χ4n) is 2.33. The van der Waals surface area contributed by atoms with Crippen molar-refractivity contribution in [1.29, 1.82) is 0 Å². The maximum absolute atomic E-state index is 13.1. The molecule has 0 atom stereocenters. The Hall–Kier alpha value is -2.51. The minimum atomic E-state index is -3.73. The quantitative estimate of drug-likeness (QED) is 0.773. The predicted octanol–water partition coefficient (Wildman–Crippen LogP) is 2.84. The molecule has 1 heterocycles. The van der Waals surface area contributed by atoms with E-state index in [4.69, 9.17) is 5.14 Å². The summed E-state index contributed by atoms with van der Waals surface area (Å²) in [7, 11) is -3.73. The van der Waals surface area contributed by atoms with Gasteiger partial charge in [0.2, 0.25) is 10.0 Å². The molecule has 2 aromatic carbocycles. The van der Waals surface area contributed by atoms with Gasteiger partial charge in [-0.15, -0.1) is 0 Å². The van der Waals surface area contributed by atoms with E-state index in [0.717, 1.165) is 16.8 Å². The van der Waals surface area contributed by atoms with Crippen LogP contribution in [0.25, 0.3) is 22.5 Å². The van der Waals surface area contributed by atoms with Crippen LogP contribution in [0.15, 0.2) is 53.4 Å². The highest BCUT2D eigenvalue weighted by molar-refractivity contribution is 7.89. The van der Waals surface area contributed by atoms with Gasteiger partial charge in [0.05, 0.1) is 16.3 Å². The lowest BCUT2D eigenvalue weighted by molar-refractivity contribution is 0.598. The fraction of sp³-hybridized carbons (Fsp3) is 0.0625. The SMILES string of the molecule is Cc1nc(-c2ccc(S(N)(=O)=O)cc2)c(-c2ccc(F)cc2)[nH]1. The van der Waals surface area contributed by atoms with Crippen molar-refractivity contribution < 1.29 is 12.8 Å². The van der Waals surface area contributed by atoms with Gasteiger partial charge in [-0.2, -0.15) is 0 Å². The van der Waals surface area contributed by atoms with Gasteiger partial charge in [-0.1, -0.05) is 12.1 Å². The van der Waals surface area contributed by atoms with Crippen molar-refractivity contribution in [2.24, 2.45) is 5.14 Å². The maximum Gasteiger partial charge on any atom is 0.238 e. The second-order valence-electron chi connectivity index (χ2n) is 5.12. The van der Waals surface area contributed by atoms with Crippen molar-refractivity contribution in [3.63, 3.8) is 0 Å². The topological polar surface area (TPSA) is 88.8 Å². The van der Waals surface area contributed by atoms with Gasteiger partial charge < -0.3 is 4.98 Å². The Morgan fingerprint density at radius 1 is 1.00 bits per heavy atom. The normalized spacial score (nSPS) is 11.6. The fourth-order valence-corrected chi connectivity index (χ4v) is 2.84. The van der Waals surface area contributed by atoms with Gasteiger partial charge >= 0.3 is 0 Å². The monoisotopic (exact) mass is 331 g/mol. The molecule has 23 heavy (non-hydrogen) atoms.